The Morgan fingerprint density at radius 3 is 2.55 bits per heavy atom. The first kappa shape index (κ1) is 10.2. The Hall–Kier alpha value is -0.830. The first-order valence-electron chi connectivity index (χ1n) is 3.58. The summed E-state index contributed by atoms with van der Waals surface area (Å²) in [6.07, 6.45) is 2.25. The van der Waals surface area contributed by atoms with E-state index in [-0.39, 0.29) is 12.5 Å². The lowest BCUT2D eigenvalue weighted by Crippen LogP contribution is -2.01. The smallest absolute Gasteiger partial charge is 0.330 e. The van der Waals surface area contributed by atoms with Crippen molar-refractivity contribution in [1.29, 1.82) is 0 Å². The summed E-state index contributed by atoms with van der Waals surface area (Å²) in [6, 6.07) is 0. The quantitative estimate of drug-likeness (QED) is 0.601. The zero-order valence-corrected chi connectivity index (χ0v) is 6.87. The number of hydrogen-bond acceptors (Lipinski definition) is 2. The molecule has 1 unspecified atom stereocenters. The van der Waals surface area contributed by atoms with Crippen molar-refractivity contribution in [2.24, 2.45) is 5.92 Å². The van der Waals surface area contributed by atoms with Gasteiger partial charge >= 0.3 is 5.97 Å². The molecule has 3 nitrogen and oxygen atoms in total. The summed E-state index contributed by atoms with van der Waals surface area (Å²) in [5, 5.41) is 17.0. The summed E-state index contributed by atoms with van der Waals surface area (Å²) in [6.45, 7) is 3.52. The highest BCUT2D eigenvalue weighted by Gasteiger charge is 2.01. The summed E-state index contributed by atoms with van der Waals surface area (Å²) in [5.74, 6) is -0.751. The highest BCUT2D eigenvalue weighted by atomic mass is 16.4. The highest BCUT2D eigenvalue weighted by Crippen LogP contribution is 2.04. The lowest BCUT2D eigenvalue weighted by molar-refractivity contribution is -0.132. The lowest BCUT2D eigenvalue weighted by Gasteiger charge is -2.02. The van der Waals surface area contributed by atoms with Crippen molar-refractivity contribution < 1.29 is 15.0 Å². The molecule has 0 aromatic rings. The van der Waals surface area contributed by atoms with Gasteiger partial charge in [0, 0.05) is 12.2 Å². The minimum atomic E-state index is -0.893. The minimum absolute atomic E-state index is 0.101. The monoisotopic (exact) mass is 158 g/mol. The molecular weight excluding hydrogens is 144 g/mol. The van der Waals surface area contributed by atoms with E-state index < -0.39 is 5.97 Å². The Morgan fingerprint density at radius 2 is 2.18 bits per heavy atom. The van der Waals surface area contributed by atoms with Gasteiger partial charge < -0.3 is 10.2 Å². The average Bonchev–Trinajstić information content (AvgIpc) is 1.99. The fourth-order valence-corrected chi connectivity index (χ4v) is 0.540. The summed E-state index contributed by atoms with van der Waals surface area (Å²) < 4.78 is 0. The molecule has 0 aliphatic rings. The fourth-order valence-electron chi connectivity index (χ4n) is 0.540. The van der Waals surface area contributed by atoms with Crippen LogP contribution in [0, 0.1) is 5.92 Å². The van der Waals surface area contributed by atoms with Gasteiger partial charge in [0.25, 0.3) is 0 Å². The van der Waals surface area contributed by atoms with E-state index in [2.05, 4.69) is 0 Å². The topological polar surface area (TPSA) is 57.5 Å². The summed E-state index contributed by atoms with van der Waals surface area (Å²) in [7, 11) is 0. The van der Waals surface area contributed by atoms with Crippen molar-refractivity contribution in [3.8, 4) is 0 Å². The summed E-state index contributed by atoms with van der Waals surface area (Å²) >= 11 is 0. The normalized spacial score (nSPS) is 14.6. The molecule has 0 bridgehead atoms. The van der Waals surface area contributed by atoms with Crippen molar-refractivity contribution in [3.63, 3.8) is 0 Å². The number of aliphatic hydroxyl groups is 1. The van der Waals surface area contributed by atoms with Crippen molar-refractivity contribution in [3.05, 3.63) is 11.6 Å². The maximum absolute atomic E-state index is 10.3. The molecule has 0 aliphatic heterocycles. The third kappa shape index (κ3) is 4.56. The Kier molecular flexibility index (Phi) is 4.54. The molecule has 0 aliphatic carbocycles. The number of aliphatic hydroxyl groups excluding tert-OH is 1. The van der Waals surface area contributed by atoms with E-state index in [4.69, 9.17) is 10.2 Å². The van der Waals surface area contributed by atoms with Crippen molar-refractivity contribution in [1.82, 2.24) is 0 Å². The van der Waals surface area contributed by atoms with E-state index in [1.54, 1.807) is 13.0 Å². The fraction of sp³-hybridized carbons (Fsp3) is 0.625. The van der Waals surface area contributed by atoms with E-state index >= 15 is 0 Å². The molecule has 0 heterocycles. The van der Waals surface area contributed by atoms with Crippen LogP contribution in [-0.2, 0) is 4.79 Å². The molecular formula is C8H14O3. The molecule has 2 N–H and O–H groups in total. The zero-order valence-electron chi connectivity index (χ0n) is 6.87. The minimum Gasteiger partial charge on any atom is -0.478 e. The van der Waals surface area contributed by atoms with Crippen LogP contribution in [-0.4, -0.2) is 22.8 Å². The third-order valence-electron chi connectivity index (χ3n) is 1.48. The largest absolute Gasteiger partial charge is 0.478 e. The SMILES string of the molecule is CC(=CCC(C)CO)C(=O)O. The second kappa shape index (κ2) is 4.91. The molecule has 0 radical (unpaired) electrons. The van der Waals surface area contributed by atoms with Crippen LogP contribution in [0.5, 0.6) is 0 Å². The van der Waals surface area contributed by atoms with Crippen LogP contribution in [0.15, 0.2) is 11.6 Å². The van der Waals surface area contributed by atoms with E-state index in [1.165, 1.54) is 0 Å². The first-order valence-corrected chi connectivity index (χ1v) is 3.58. The third-order valence-corrected chi connectivity index (χ3v) is 1.48. The van der Waals surface area contributed by atoms with Gasteiger partial charge in [0.15, 0.2) is 0 Å². The van der Waals surface area contributed by atoms with Crippen molar-refractivity contribution in [2.75, 3.05) is 6.61 Å². The van der Waals surface area contributed by atoms with Crippen LogP contribution < -0.4 is 0 Å². The van der Waals surface area contributed by atoms with Crippen LogP contribution in [0.25, 0.3) is 0 Å². The molecule has 64 valence electrons. The van der Waals surface area contributed by atoms with Crippen LogP contribution in [0.1, 0.15) is 20.3 Å². The summed E-state index contributed by atoms with van der Waals surface area (Å²) in [4.78, 5) is 10.3. The first-order chi connectivity index (χ1) is 5.07. The molecule has 0 spiro atoms. The number of rotatable bonds is 4. The van der Waals surface area contributed by atoms with Crippen molar-refractivity contribution in [2.45, 2.75) is 20.3 Å². The van der Waals surface area contributed by atoms with Crippen LogP contribution in [0.3, 0.4) is 0 Å². The van der Waals surface area contributed by atoms with Gasteiger partial charge in [-0.1, -0.05) is 13.0 Å². The molecule has 0 aromatic heterocycles. The lowest BCUT2D eigenvalue weighted by atomic mass is 10.1. The van der Waals surface area contributed by atoms with E-state index in [1.807, 2.05) is 6.92 Å². The molecule has 0 amide bonds. The van der Waals surface area contributed by atoms with E-state index in [0.717, 1.165) is 0 Å². The predicted molar refractivity (Wildman–Crippen MR) is 42.3 cm³/mol. The van der Waals surface area contributed by atoms with Gasteiger partial charge in [-0.25, -0.2) is 4.79 Å². The Labute approximate surface area is 66.4 Å². The molecule has 3 heteroatoms. The van der Waals surface area contributed by atoms with Crippen molar-refractivity contribution >= 4 is 5.97 Å². The van der Waals surface area contributed by atoms with Gasteiger partial charge in [0.05, 0.1) is 0 Å². The van der Waals surface area contributed by atoms with Gasteiger partial charge in [-0.15, -0.1) is 0 Å². The standard InChI is InChI=1S/C8H14O3/c1-6(5-9)3-4-7(2)8(10)11/h4,6,9H,3,5H2,1-2H3,(H,10,11). The van der Waals surface area contributed by atoms with Crippen LogP contribution in [0.2, 0.25) is 0 Å². The Morgan fingerprint density at radius 1 is 1.64 bits per heavy atom. The molecule has 11 heavy (non-hydrogen) atoms. The maximum Gasteiger partial charge on any atom is 0.330 e. The summed E-state index contributed by atoms with van der Waals surface area (Å²) in [5.41, 5.74) is 0.338. The number of allylic oxidation sites excluding steroid dienone is 1. The molecule has 0 rings (SSSR count). The molecule has 0 saturated heterocycles. The molecule has 1 atom stereocenters. The van der Waals surface area contributed by atoms with E-state index in [9.17, 15) is 4.79 Å². The second-order valence-corrected chi connectivity index (χ2v) is 2.72. The molecule has 0 saturated carbocycles. The number of aliphatic carboxylic acids is 1. The van der Waals surface area contributed by atoms with Crippen LogP contribution in [0.4, 0.5) is 0 Å². The number of carboxylic acid groups (broad SMARTS) is 1. The van der Waals surface area contributed by atoms with Gasteiger partial charge in [0.1, 0.15) is 0 Å². The zero-order chi connectivity index (χ0) is 8.85. The molecule has 0 fully saturated rings. The van der Waals surface area contributed by atoms with Gasteiger partial charge in [-0.05, 0) is 19.3 Å². The number of carbonyl (C=O) groups is 1. The number of hydrogen-bond donors (Lipinski definition) is 2. The maximum atomic E-state index is 10.3. The van der Waals surface area contributed by atoms with Gasteiger partial charge in [0.2, 0.25) is 0 Å². The van der Waals surface area contributed by atoms with Gasteiger partial charge in [-0.3, -0.25) is 0 Å². The number of carboxylic acids is 1. The highest BCUT2D eigenvalue weighted by molar-refractivity contribution is 5.85. The Bertz CT molecular complexity index is 161. The average molecular weight is 158 g/mol. The second-order valence-electron chi connectivity index (χ2n) is 2.72. The molecule has 0 aromatic carbocycles. The van der Waals surface area contributed by atoms with Gasteiger partial charge in [-0.2, -0.15) is 0 Å². The van der Waals surface area contributed by atoms with Crippen LogP contribution >= 0.6 is 0 Å². The Balaban J connectivity index is 3.82. The predicted octanol–water partition coefficient (Wildman–Crippen LogP) is 1.04. The van der Waals surface area contributed by atoms with E-state index in [0.29, 0.717) is 12.0 Å².